The molecule has 0 radical (unpaired) electrons. The van der Waals surface area contributed by atoms with Gasteiger partial charge in [-0.3, -0.25) is 4.79 Å². The summed E-state index contributed by atoms with van der Waals surface area (Å²) in [6, 6.07) is 15.1. The monoisotopic (exact) mass is 445 g/mol. The van der Waals surface area contributed by atoms with Crippen molar-refractivity contribution in [1.29, 1.82) is 0 Å². The number of thioether (sulfide) groups is 1. The van der Waals surface area contributed by atoms with Gasteiger partial charge in [0.1, 0.15) is 6.04 Å². The van der Waals surface area contributed by atoms with Crippen molar-refractivity contribution in [3.8, 4) is 11.4 Å². The summed E-state index contributed by atoms with van der Waals surface area (Å²) in [5.41, 5.74) is 1.09. The zero-order chi connectivity index (χ0) is 21.3. The third-order valence-corrected chi connectivity index (χ3v) is 5.13. The second-order valence-corrected chi connectivity index (χ2v) is 7.67. The lowest BCUT2D eigenvalue weighted by Crippen LogP contribution is -2.42. The largest absolute Gasteiger partial charge is 0.454 e. The van der Waals surface area contributed by atoms with E-state index in [2.05, 4.69) is 15.5 Å². The second kappa shape index (κ2) is 10.8. The van der Waals surface area contributed by atoms with E-state index in [0.717, 1.165) is 5.56 Å². The maximum atomic E-state index is 12.6. The van der Waals surface area contributed by atoms with Gasteiger partial charge in [-0.2, -0.15) is 16.7 Å². The van der Waals surface area contributed by atoms with Crippen LogP contribution in [0.5, 0.6) is 0 Å². The number of carbonyl (C=O) groups is 2. The first kappa shape index (κ1) is 21.9. The molecule has 0 aliphatic heterocycles. The summed E-state index contributed by atoms with van der Waals surface area (Å²) in [4.78, 5) is 29.3. The fourth-order valence-electron chi connectivity index (χ4n) is 2.62. The number of aromatic nitrogens is 2. The van der Waals surface area contributed by atoms with Gasteiger partial charge in [0.25, 0.3) is 11.8 Å². The highest BCUT2D eigenvalue weighted by molar-refractivity contribution is 7.98. The molecular formula is C21H20ClN3O4S. The number of nitrogens with zero attached hydrogens (tertiary/aromatic N) is 2. The summed E-state index contributed by atoms with van der Waals surface area (Å²) in [5.74, 6) is 0.231. The number of esters is 1. The molecule has 1 heterocycles. The first-order valence-electron chi connectivity index (χ1n) is 9.17. The number of carbonyl (C=O) groups excluding carboxylic acids is 2. The Morgan fingerprint density at radius 1 is 1.17 bits per heavy atom. The van der Waals surface area contributed by atoms with Crippen molar-refractivity contribution in [2.24, 2.45) is 0 Å². The Morgan fingerprint density at radius 3 is 2.63 bits per heavy atom. The molecule has 0 fully saturated rings. The van der Waals surface area contributed by atoms with Crippen molar-refractivity contribution >= 4 is 35.2 Å². The average Bonchev–Trinajstić information content (AvgIpc) is 3.25. The van der Waals surface area contributed by atoms with Gasteiger partial charge in [-0.05, 0) is 30.6 Å². The fraction of sp³-hybridized carbons (Fsp3) is 0.238. The van der Waals surface area contributed by atoms with Gasteiger partial charge < -0.3 is 14.6 Å². The molecule has 2 aromatic carbocycles. The van der Waals surface area contributed by atoms with Crippen LogP contribution in [0, 0.1) is 0 Å². The molecule has 156 valence electrons. The van der Waals surface area contributed by atoms with Crippen LogP contribution in [0.15, 0.2) is 59.1 Å². The molecule has 1 aromatic heterocycles. The third kappa shape index (κ3) is 5.84. The lowest BCUT2D eigenvalue weighted by Gasteiger charge is -2.17. The van der Waals surface area contributed by atoms with Crippen LogP contribution in [0.3, 0.4) is 0 Å². The summed E-state index contributed by atoms with van der Waals surface area (Å²) in [6.07, 6.45) is 2.33. The van der Waals surface area contributed by atoms with Gasteiger partial charge in [-0.15, -0.1) is 0 Å². The highest BCUT2D eigenvalue weighted by Gasteiger charge is 2.24. The van der Waals surface area contributed by atoms with Crippen LogP contribution in [-0.2, 0) is 16.1 Å². The van der Waals surface area contributed by atoms with Gasteiger partial charge in [0, 0.05) is 5.56 Å². The van der Waals surface area contributed by atoms with Gasteiger partial charge in [0.2, 0.25) is 5.82 Å². The van der Waals surface area contributed by atoms with Crippen molar-refractivity contribution in [3.05, 3.63) is 71.1 Å². The van der Waals surface area contributed by atoms with E-state index in [4.69, 9.17) is 20.9 Å². The molecular weight excluding hydrogens is 426 g/mol. The smallest absolute Gasteiger partial charge is 0.329 e. The molecule has 30 heavy (non-hydrogen) atoms. The maximum Gasteiger partial charge on any atom is 0.329 e. The summed E-state index contributed by atoms with van der Waals surface area (Å²) < 4.78 is 10.5. The van der Waals surface area contributed by atoms with Gasteiger partial charge in [0.05, 0.1) is 10.6 Å². The molecule has 0 unspecified atom stereocenters. The number of hydrogen-bond donors (Lipinski definition) is 1. The predicted octanol–water partition coefficient (Wildman–Crippen LogP) is 3.98. The molecule has 3 rings (SSSR count). The third-order valence-electron chi connectivity index (χ3n) is 4.16. The van der Waals surface area contributed by atoms with E-state index in [1.807, 2.05) is 36.6 Å². The summed E-state index contributed by atoms with van der Waals surface area (Å²) in [7, 11) is 0. The predicted molar refractivity (Wildman–Crippen MR) is 115 cm³/mol. The van der Waals surface area contributed by atoms with E-state index in [9.17, 15) is 9.59 Å². The lowest BCUT2D eigenvalue weighted by atomic mass is 10.1. The van der Waals surface area contributed by atoms with Crippen molar-refractivity contribution < 1.29 is 18.8 Å². The van der Waals surface area contributed by atoms with Gasteiger partial charge >= 0.3 is 5.97 Å². The number of rotatable bonds is 9. The second-order valence-electron chi connectivity index (χ2n) is 6.27. The quantitative estimate of drug-likeness (QED) is 0.497. The molecule has 1 N–H and O–H groups in total. The normalized spacial score (nSPS) is 11.7. The van der Waals surface area contributed by atoms with Gasteiger partial charge in [-0.25, -0.2) is 4.79 Å². The molecule has 7 nitrogen and oxygen atoms in total. The van der Waals surface area contributed by atoms with Crippen LogP contribution < -0.4 is 5.32 Å². The van der Waals surface area contributed by atoms with Crippen LogP contribution in [0.1, 0.15) is 22.7 Å². The number of amides is 1. The van der Waals surface area contributed by atoms with Crippen LogP contribution in [0.25, 0.3) is 11.4 Å². The van der Waals surface area contributed by atoms with Gasteiger partial charge in [-0.1, -0.05) is 59.2 Å². The Labute approximate surface area is 183 Å². The Morgan fingerprint density at radius 2 is 1.90 bits per heavy atom. The van der Waals surface area contributed by atoms with Gasteiger partial charge in [0.15, 0.2) is 6.61 Å². The number of hydrogen-bond acceptors (Lipinski definition) is 7. The Balaban J connectivity index is 1.62. The maximum absolute atomic E-state index is 12.6. The Kier molecular flexibility index (Phi) is 7.87. The molecule has 1 atom stereocenters. The molecule has 0 bridgehead atoms. The molecule has 9 heteroatoms. The van der Waals surface area contributed by atoms with Crippen molar-refractivity contribution in [2.75, 3.05) is 12.0 Å². The Hall–Kier alpha value is -2.84. The minimum Gasteiger partial charge on any atom is -0.454 e. The summed E-state index contributed by atoms with van der Waals surface area (Å²) in [5, 5.41) is 6.90. The zero-order valence-corrected chi connectivity index (χ0v) is 17.8. The molecule has 0 saturated carbocycles. The number of nitrogens with one attached hydrogen (secondary N) is 1. The first-order valence-corrected chi connectivity index (χ1v) is 10.9. The topological polar surface area (TPSA) is 94.3 Å². The van der Waals surface area contributed by atoms with Crippen molar-refractivity contribution in [2.45, 2.75) is 19.1 Å². The molecule has 0 saturated heterocycles. The standard InChI is InChI=1S/C21H20ClN3O4S/c1-30-12-11-17(23-20(26)15-9-5-6-10-16(15)22)21(27)28-13-18-24-19(25-29-18)14-7-3-2-4-8-14/h2-10,17H,11-13H2,1H3,(H,23,26)/t17-/m0/s1. The van der Waals surface area contributed by atoms with E-state index in [0.29, 0.717) is 28.6 Å². The van der Waals surface area contributed by atoms with Crippen LogP contribution in [-0.4, -0.2) is 40.1 Å². The summed E-state index contributed by atoms with van der Waals surface area (Å²) in [6.45, 7) is -0.184. The summed E-state index contributed by atoms with van der Waals surface area (Å²) >= 11 is 7.63. The molecule has 1 amide bonds. The van der Waals surface area contributed by atoms with E-state index in [1.54, 1.807) is 36.0 Å². The van der Waals surface area contributed by atoms with Crippen LogP contribution in [0.4, 0.5) is 0 Å². The average molecular weight is 446 g/mol. The van der Waals surface area contributed by atoms with Crippen molar-refractivity contribution in [3.63, 3.8) is 0 Å². The van der Waals surface area contributed by atoms with Crippen LogP contribution in [0.2, 0.25) is 5.02 Å². The fourth-order valence-corrected chi connectivity index (χ4v) is 3.31. The molecule has 0 aliphatic rings. The highest BCUT2D eigenvalue weighted by atomic mass is 35.5. The highest BCUT2D eigenvalue weighted by Crippen LogP contribution is 2.17. The van der Waals surface area contributed by atoms with Crippen LogP contribution >= 0.6 is 23.4 Å². The first-order chi connectivity index (χ1) is 14.6. The lowest BCUT2D eigenvalue weighted by molar-refractivity contribution is -0.148. The molecule has 0 aliphatic carbocycles. The SMILES string of the molecule is CSCC[C@H](NC(=O)c1ccccc1Cl)C(=O)OCc1nc(-c2ccccc2)no1. The molecule has 3 aromatic rings. The van der Waals surface area contributed by atoms with E-state index in [1.165, 1.54) is 0 Å². The van der Waals surface area contributed by atoms with E-state index < -0.39 is 17.9 Å². The Bertz CT molecular complexity index is 997. The molecule has 0 spiro atoms. The number of ether oxygens (including phenoxy) is 1. The minimum absolute atomic E-state index is 0.170. The zero-order valence-electron chi connectivity index (χ0n) is 16.2. The van der Waals surface area contributed by atoms with E-state index in [-0.39, 0.29) is 12.5 Å². The number of halogens is 1. The minimum atomic E-state index is -0.822. The van der Waals surface area contributed by atoms with Crippen molar-refractivity contribution in [1.82, 2.24) is 15.5 Å². The number of benzene rings is 2. The van der Waals surface area contributed by atoms with E-state index >= 15 is 0 Å².